The number of hydrogen-bond donors (Lipinski definition) is 1. The Labute approximate surface area is 112 Å². The third kappa shape index (κ3) is 2.34. The molecule has 0 aliphatic rings. The molecule has 0 spiro atoms. The van der Waals surface area contributed by atoms with Gasteiger partial charge in [-0.25, -0.2) is 4.39 Å². The van der Waals surface area contributed by atoms with Gasteiger partial charge in [-0.15, -0.1) is 0 Å². The molecule has 100 valence electrons. The molecule has 1 unspecified atom stereocenters. The lowest BCUT2D eigenvalue weighted by Gasteiger charge is -2.28. The molecule has 2 rings (SSSR count). The Morgan fingerprint density at radius 2 is 1.79 bits per heavy atom. The van der Waals surface area contributed by atoms with Gasteiger partial charge in [0.25, 0.3) is 0 Å². The van der Waals surface area contributed by atoms with Gasteiger partial charge in [0.2, 0.25) is 0 Å². The van der Waals surface area contributed by atoms with E-state index in [-0.39, 0.29) is 5.56 Å². The number of halogens is 1. The van der Waals surface area contributed by atoms with Crippen molar-refractivity contribution in [2.24, 2.45) is 0 Å². The number of ether oxygens (including phenoxy) is 1. The SMILES string of the molecule is COc1cccc(F)c1C(C)(O)c1ccccc1C. The van der Waals surface area contributed by atoms with Crippen molar-refractivity contribution in [2.75, 3.05) is 7.11 Å². The Hall–Kier alpha value is -1.87. The van der Waals surface area contributed by atoms with Gasteiger partial charge in [-0.05, 0) is 37.1 Å². The topological polar surface area (TPSA) is 29.5 Å². The Kier molecular flexibility index (Phi) is 3.58. The van der Waals surface area contributed by atoms with E-state index >= 15 is 0 Å². The Morgan fingerprint density at radius 1 is 1.11 bits per heavy atom. The van der Waals surface area contributed by atoms with Gasteiger partial charge in [-0.1, -0.05) is 30.3 Å². The summed E-state index contributed by atoms with van der Waals surface area (Å²) in [5.41, 5.74) is 0.283. The first-order valence-electron chi connectivity index (χ1n) is 6.10. The number of methoxy groups -OCH3 is 1. The van der Waals surface area contributed by atoms with Crippen molar-refractivity contribution >= 4 is 0 Å². The van der Waals surface area contributed by atoms with E-state index in [9.17, 15) is 9.50 Å². The number of benzene rings is 2. The number of aliphatic hydroxyl groups is 1. The van der Waals surface area contributed by atoms with Crippen LogP contribution >= 0.6 is 0 Å². The second-order valence-electron chi connectivity index (χ2n) is 4.70. The Morgan fingerprint density at radius 3 is 2.42 bits per heavy atom. The van der Waals surface area contributed by atoms with Gasteiger partial charge in [0.15, 0.2) is 0 Å². The van der Waals surface area contributed by atoms with E-state index in [1.54, 1.807) is 25.1 Å². The maximum Gasteiger partial charge on any atom is 0.133 e. The quantitative estimate of drug-likeness (QED) is 0.916. The second kappa shape index (κ2) is 5.02. The third-order valence-electron chi connectivity index (χ3n) is 3.35. The first kappa shape index (κ1) is 13.6. The molecule has 0 saturated heterocycles. The minimum absolute atomic E-state index is 0.159. The van der Waals surface area contributed by atoms with E-state index in [4.69, 9.17) is 4.74 Å². The van der Waals surface area contributed by atoms with Crippen molar-refractivity contribution in [3.8, 4) is 5.75 Å². The van der Waals surface area contributed by atoms with Crippen molar-refractivity contribution in [2.45, 2.75) is 19.4 Å². The summed E-state index contributed by atoms with van der Waals surface area (Å²) >= 11 is 0. The van der Waals surface area contributed by atoms with Crippen LogP contribution in [0.3, 0.4) is 0 Å². The van der Waals surface area contributed by atoms with E-state index in [1.165, 1.54) is 13.2 Å². The molecule has 1 atom stereocenters. The first-order valence-corrected chi connectivity index (χ1v) is 6.10. The fourth-order valence-corrected chi connectivity index (χ4v) is 2.40. The van der Waals surface area contributed by atoms with Crippen LogP contribution in [-0.2, 0) is 5.60 Å². The van der Waals surface area contributed by atoms with Gasteiger partial charge >= 0.3 is 0 Å². The highest BCUT2D eigenvalue weighted by atomic mass is 19.1. The molecule has 0 saturated carbocycles. The molecule has 3 heteroatoms. The van der Waals surface area contributed by atoms with Crippen LogP contribution in [0.15, 0.2) is 42.5 Å². The maximum absolute atomic E-state index is 14.1. The highest BCUT2D eigenvalue weighted by molar-refractivity contribution is 5.47. The zero-order chi connectivity index (χ0) is 14.0. The average Bonchev–Trinajstić information content (AvgIpc) is 2.38. The minimum atomic E-state index is -1.44. The van der Waals surface area contributed by atoms with Crippen LogP contribution in [-0.4, -0.2) is 12.2 Å². The molecule has 2 nitrogen and oxygen atoms in total. The molecule has 2 aromatic carbocycles. The molecular weight excluding hydrogens is 243 g/mol. The zero-order valence-electron chi connectivity index (χ0n) is 11.3. The van der Waals surface area contributed by atoms with Crippen molar-refractivity contribution < 1.29 is 14.2 Å². The van der Waals surface area contributed by atoms with E-state index in [2.05, 4.69) is 0 Å². The van der Waals surface area contributed by atoms with Crippen molar-refractivity contribution in [3.05, 3.63) is 65.0 Å². The molecule has 0 aliphatic heterocycles. The molecule has 1 N–H and O–H groups in total. The molecule has 0 fully saturated rings. The molecule has 0 aromatic heterocycles. The van der Waals surface area contributed by atoms with E-state index in [1.807, 2.05) is 25.1 Å². The molecule has 0 bridgehead atoms. The summed E-state index contributed by atoms with van der Waals surface area (Å²) in [6.07, 6.45) is 0. The Balaban J connectivity index is 2.66. The third-order valence-corrected chi connectivity index (χ3v) is 3.35. The summed E-state index contributed by atoms with van der Waals surface area (Å²) in [5, 5.41) is 10.8. The van der Waals surface area contributed by atoms with E-state index < -0.39 is 11.4 Å². The molecular formula is C16H17FO2. The lowest BCUT2D eigenvalue weighted by atomic mass is 9.85. The highest BCUT2D eigenvalue weighted by Crippen LogP contribution is 2.38. The molecule has 0 radical (unpaired) electrons. The van der Waals surface area contributed by atoms with Gasteiger partial charge in [0.05, 0.1) is 12.7 Å². The van der Waals surface area contributed by atoms with Gasteiger partial charge < -0.3 is 9.84 Å². The van der Waals surface area contributed by atoms with E-state index in [0.29, 0.717) is 11.3 Å². The first-order chi connectivity index (χ1) is 8.98. The van der Waals surface area contributed by atoms with E-state index in [0.717, 1.165) is 5.56 Å². The normalized spacial score (nSPS) is 13.9. The zero-order valence-corrected chi connectivity index (χ0v) is 11.3. The fraction of sp³-hybridized carbons (Fsp3) is 0.250. The Bertz CT molecular complexity index is 591. The number of aryl methyl sites for hydroxylation is 1. The van der Waals surface area contributed by atoms with Gasteiger partial charge in [-0.2, -0.15) is 0 Å². The smallest absolute Gasteiger partial charge is 0.133 e. The maximum atomic E-state index is 14.1. The van der Waals surface area contributed by atoms with Crippen LogP contribution in [0, 0.1) is 12.7 Å². The molecule has 0 heterocycles. The molecule has 0 amide bonds. The summed E-state index contributed by atoms with van der Waals surface area (Å²) in [6.45, 7) is 3.47. The van der Waals surface area contributed by atoms with Crippen LogP contribution in [0.25, 0.3) is 0 Å². The van der Waals surface area contributed by atoms with Crippen LogP contribution < -0.4 is 4.74 Å². The summed E-state index contributed by atoms with van der Waals surface area (Å²) < 4.78 is 19.3. The number of hydrogen-bond acceptors (Lipinski definition) is 2. The van der Waals surface area contributed by atoms with Crippen molar-refractivity contribution in [1.29, 1.82) is 0 Å². The van der Waals surface area contributed by atoms with Crippen LogP contribution in [0.2, 0.25) is 0 Å². The number of rotatable bonds is 3. The van der Waals surface area contributed by atoms with Gasteiger partial charge in [-0.3, -0.25) is 0 Å². The van der Waals surface area contributed by atoms with Crippen LogP contribution in [0.1, 0.15) is 23.6 Å². The largest absolute Gasteiger partial charge is 0.496 e. The standard InChI is InChI=1S/C16H17FO2/c1-11-7-4-5-8-12(11)16(2,18)15-13(17)9-6-10-14(15)19-3/h4-10,18H,1-3H3. The van der Waals surface area contributed by atoms with Crippen LogP contribution in [0.4, 0.5) is 4.39 Å². The fourth-order valence-electron chi connectivity index (χ4n) is 2.40. The molecule has 0 aliphatic carbocycles. The lowest BCUT2D eigenvalue weighted by Crippen LogP contribution is -2.26. The highest BCUT2D eigenvalue weighted by Gasteiger charge is 2.33. The van der Waals surface area contributed by atoms with Gasteiger partial charge in [0, 0.05) is 0 Å². The van der Waals surface area contributed by atoms with Crippen molar-refractivity contribution in [3.63, 3.8) is 0 Å². The predicted octanol–water partition coefficient (Wildman–Crippen LogP) is 3.40. The van der Waals surface area contributed by atoms with Crippen molar-refractivity contribution in [1.82, 2.24) is 0 Å². The van der Waals surface area contributed by atoms with Crippen LogP contribution in [0.5, 0.6) is 5.75 Å². The molecule has 2 aromatic rings. The summed E-state index contributed by atoms with van der Waals surface area (Å²) in [5.74, 6) is -0.138. The lowest BCUT2D eigenvalue weighted by molar-refractivity contribution is 0.0938. The molecule has 19 heavy (non-hydrogen) atoms. The predicted molar refractivity (Wildman–Crippen MR) is 72.8 cm³/mol. The van der Waals surface area contributed by atoms with Gasteiger partial charge in [0.1, 0.15) is 17.2 Å². The minimum Gasteiger partial charge on any atom is -0.496 e. The summed E-state index contributed by atoms with van der Waals surface area (Å²) in [7, 11) is 1.46. The summed E-state index contributed by atoms with van der Waals surface area (Å²) in [6, 6.07) is 11.9. The average molecular weight is 260 g/mol. The monoisotopic (exact) mass is 260 g/mol. The summed E-state index contributed by atoms with van der Waals surface area (Å²) in [4.78, 5) is 0. The second-order valence-corrected chi connectivity index (χ2v) is 4.70.